The second kappa shape index (κ2) is 4.20. The van der Waals surface area contributed by atoms with Crippen LogP contribution in [0.4, 0.5) is 0 Å². The summed E-state index contributed by atoms with van der Waals surface area (Å²) < 4.78 is 2.53. The van der Waals surface area contributed by atoms with Crippen LogP contribution >= 0.6 is 11.9 Å². The van der Waals surface area contributed by atoms with E-state index < -0.39 is 0 Å². The largest absolute Gasteiger partial charge is 0.306 e. The number of likely N-dealkylation sites (tertiary alicyclic amines) is 1. The fourth-order valence-corrected chi connectivity index (χ4v) is 3.31. The van der Waals surface area contributed by atoms with Gasteiger partial charge in [0.05, 0.1) is 0 Å². The average Bonchev–Trinajstić information content (AvgIpc) is 2.16. The molecule has 0 aromatic heterocycles. The molecule has 2 heterocycles. The minimum Gasteiger partial charge on any atom is -0.306 e. The van der Waals surface area contributed by atoms with Gasteiger partial charge in [0.2, 0.25) is 0 Å². The van der Waals surface area contributed by atoms with Crippen LogP contribution in [-0.2, 0) is 0 Å². The van der Waals surface area contributed by atoms with Crippen molar-refractivity contribution >= 4 is 11.9 Å². The maximum atomic E-state index is 2.53. The Balaban J connectivity index is 1.91. The predicted molar refractivity (Wildman–Crippen MR) is 58.8 cm³/mol. The van der Waals surface area contributed by atoms with Crippen LogP contribution in [0.15, 0.2) is 0 Å². The molecule has 13 heavy (non-hydrogen) atoms. The molecule has 0 aliphatic carbocycles. The Morgan fingerprint density at radius 3 is 2.62 bits per heavy atom. The standard InChI is InChI=1S/C10H20N2S/c1-11-5-3-9-4-6-12(13-2)8-10(9)7-11/h9-10H,3-8H2,1-2H3. The quantitative estimate of drug-likeness (QED) is 0.593. The first-order valence-corrected chi connectivity index (χ1v) is 6.45. The number of nitrogens with zero attached hydrogens (tertiary/aromatic N) is 2. The lowest BCUT2D eigenvalue weighted by atomic mass is 9.81. The summed E-state index contributed by atoms with van der Waals surface area (Å²) in [6.07, 6.45) is 5.07. The van der Waals surface area contributed by atoms with Gasteiger partial charge >= 0.3 is 0 Å². The molecule has 0 spiro atoms. The third-order valence-corrected chi connectivity index (χ3v) is 4.39. The van der Waals surface area contributed by atoms with E-state index in [4.69, 9.17) is 0 Å². The lowest BCUT2D eigenvalue weighted by Crippen LogP contribution is -2.46. The zero-order valence-electron chi connectivity index (χ0n) is 8.70. The van der Waals surface area contributed by atoms with Gasteiger partial charge in [-0.15, -0.1) is 0 Å². The Morgan fingerprint density at radius 2 is 1.85 bits per heavy atom. The molecule has 0 radical (unpaired) electrons. The van der Waals surface area contributed by atoms with Crippen LogP contribution in [0, 0.1) is 11.8 Å². The van der Waals surface area contributed by atoms with Crippen LogP contribution in [0.25, 0.3) is 0 Å². The monoisotopic (exact) mass is 200 g/mol. The van der Waals surface area contributed by atoms with Gasteiger partial charge in [-0.3, -0.25) is 4.31 Å². The van der Waals surface area contributed by atoms with E-state index in [0.29, 0.717) is 0 Å². The predicted octanol–water partition coefficient (Wildman–Crippen LogP) is 1.54. The lowest BCUT2D eigenvalue weighted by Gasteiger charge is -2.43. The number of rotatable bonds is 1. The van der Waals surface area contributed by atoms with E-state index in [1.54, 1.807) is 0 Å². The van der Waals surface area contributed by atoms with Crippen molar-refractivity contribution in [2.45, 2.75) is 12.8 Å². The van der Waals surface area contributed by atoms with Gasteiger partial charge in [0.1, 0.15) is 0 Å². The molecule has 2 aliphatic heterocycles. The molecular weight excluding hydrogens is 180 g/mol. The highest BCUT2D eigenvalue weighted by molar-refractivity contribution is 7.96. The van der Waals surface area contributed by atoms with Gasteiger partial charge in [-0.2, -0.15) is 0 Å². The molecule has 0 aromatic rings. The average molecular weight is 200 g/mol. The highest BCUT2D eigenvalue weighted by Gasteiger charge is 2.32. The third kappa shape index (κ3) is 2.20. The summed E-state index contributed by atoms with van der Waals surface area (Å²) in [5.74, 6) is 1.97. The molecule has 76 valence electrons. The number of piperidine rings is 2. The summed E-state index contributed by atoms with van der Waals surface area (Å²) >= 11 is 1.92. The van der Waals surface area contributed by atoms with E-state index in [0.717, 1.165) is 11.8 Å². The zero-order chi connectivity index (χ0) is 9.26. The molecule has 2 aliphatic rings. The van der Waals surface area contributed by atoms with Crippen LogP contribution in [0.3, 0.4) is 0 Å². The van der Waals surface area contributed by atoms with Crippen molar-refractivity contribution in [2.24, 2.45) is 11.8 Å². The Kier molecular flexibility index (Phi) is 3.17. The number of fused-ring (bicyclic) bond motifs is 1. The van der Waals surface area contributed by atoms with Crippen molar-refractivity contribution < 1.29 is 0 Å². The fourth-order valence-electron chi connectivity index (χ4n) is 2.68. The summed E-state index contributed by atoms with van der Waals surface area (Å²) in [5.41, 5.74) is 0. The normalized spacial score (nSPS) is 37.4. The molecule has 2 saturated heterocycles. The molecule has 2 rings (SSSR count). The highest BCUT2D eigenvalue weighted by Crippen LogP contribution is 2.32. The van der Waals surface area contributed by atoms with Gasteiger partial charge in [-0.1, -0.05) is 11.9 Å². The van der Waals surface area contributed by atoms with Crippen LogP contribution in [0.1, 0.15) is 12.8 Å². The van der Waals surface area contributed by atoms with Crippen LogP contribution in [0.5, 0.6) is 0 Å². The van der Waals surface area contributed by atoms with Gasteiger partial charge in [0.25, 0.3) is 0 Å². The maximum absolute atomic E-state index is 2.53. The minimum absolute atomic E-state index is 0.944. The highest BCUT2D eigenvalue weighted by atomic mass is 32.2. The minimum atomic E-state index is 0.944. The smallest absolute Gasteiger partial charge is 0.0132 e. The molecule has 0 bridgehead atoms. The second-order valence-electron chi connectivity index (χ2n) is 4.43. The van der Waals surface area contributed by atoms with Crippen LogP contribution in [0.2, 0.25) is 0 Å². The molecular formula is C10H20N2S. The van der Waals surface area contributed by atoms with Crippen molar-refractivity contribution in [1.82, 2.24) is 9.21 Å². The van der Waals surface area contributed by atoms with E-state index in [1.165, 1.54) is 39.0 Å². The lowest BCUT2D eigenvalue weighted by molar-refractivity contribution is 0.0893. The Bertz CT molecular complexity index is 174. The molecule has 0 amide bonds. The number of hydrogen-bond acceptors (Lipinski definition) is 3. The van der Waals surface area contributed by atoms with Crippen molar-refractivity contribution in [3.05, 3.63) is 0 Å². The molecule has 3 heteroatoms. The molecule has 2 unspecified atom stereocenters. The Hall–Kier alpha value is 0.270. The summed E-state index contributed by atoms with van der Waals surface area (Å²) in [6, 6.07) is 0. The molecule has 2 nitrogen and oxygen atoms in total. The van der Waals surface area contributed by atoms with Crippen molar-refractivity contribution in [3.63, 3.8) is 0 Å². The van der Waals surface area contributed by atoms with E-state index in [-0.39, 0.29) is 0 Å². The van der Waals surface area contributed by atoms with Crippen molar-refractivity contribution in [3.8, 4) is 0 Å². The molecule has 0 saturated carbocycles. The summed E-state index contributed by atoms with van der Waals surface area (Å²) in [5, 5.41) is 0. The van der Waals surface area contributed by atoms with Crippen LogP contribution < -0.4 is 0 Å². The van der Waals surface area contributed by atoms with E-state index >= 15 is 0 Å². The van der Waals surface area contributed by atoms with Gasteiger partial charge < -0.3 is 4.90 Å². The summed E-state index contributed by atoms with van der Waals surface area (Å²) in [4.78, 5) is 2.49. The van der Waals surface area contributed by atoms with Crippen molar-refractivity contribution in [2.75, 3.05) is 39.5 Å². The molecule has 2 fully saturated rings. The van der Waals surface area contributed by atoms with Gasteiger partial charge in [-0.25, -0.2) is 0 Å². The first-order valence-electron chi connectivity index (χ1n) is 5.27. The van der Waals surface area contributed by atoms with Gasteiger partial charge in [0, 0.05) is 19.6 Å². The van der Waals surface area contributed by atoms with Crippen LogP contribution in [-0.4, -0.2) is 48.7 Å². The second-order valence-corrected chi connectivity index (χ2v) is 5.31. The van der Waals surface area contributed by atoms with E-state index in [2.05, 4.69) is 22.5 Å². The molecule has 2 atom stereocenters. The third-order valence-electron chi connectivity index (χ3n) is 3.54. The molecule has 0 N–H and O–H groups in total. The first-order chi connectivity index (χ1) is 6.29. The summed E-state index contributed by atoms with van der Waals surface area (Å²) in [6.45, 7) is 5.27. The van der Waals surface area contributed by atoms with Crippen molar-refractivity contribution in [1.29, 1.82) is 0 Å². The maximum Gasteiger partial charge on any atom is 0.0132 e. The Morgan fingerprint density at radius 1 is 1.08 bits per heavy atom. The first kappa shape index (κ1) is 9.81. The van der Waals surface area contributed by atoms with Gasteiger partial charge in [0.15, 0.2) is 0 Å². The zero-order valence-corrected chi connectivity index (χ0v) is 9.52. The Labute approximate surface area is 85.8 Å². The fraction of sp³-hybridized carbons (Fsp3) is 1.00. The van der Waals surface area contributed by atoms with Gasteiger partial charge in [-0.05, 0) is 44.5 Å². The van der Waals surface area contributed by atoms with E-state index in [1.807, 2.05) is 11.9 Å². The summed E-state index contributed by atoms with van der Waals surface area (Å²) in [7, 11) is 2.26. The van der Waals surface area contributed by atoms with E-state index in [9.17, 15) is 0 Å². The number of hydrogen-bond donors (Lipinski definition) is 0. The SMILES string of the molecule is CSN1CCC2CCN(C)CC2C1. The topological polar surface area (TPSA) is 6.48 Å². The molecule has 0 aromatic carbocycles.